The number of carbonyl (C=O) groups excluding carboxylic acids is 2. The number of anilines is 1. The van der Waals surface area contributed by atoms with Crippen LogP contribution in [0.1, 0.15) is 37.8 Å². The van der Waals surface area contributed by atoms with E-state index < -0.39 is 0 Å². The Labute approximate surface area is 244 Å². The first-order chi connectivity index (χ1) is 19.5. The fourth-order valence-electron chi connectivity index (χ4n) is 5.00. The molecule has 7 heteroatoms. The third-order valence-corrected chi connectivity index (χ3v) is 9.61. The Balaban J connectivity index is 1.28. The van der Waals surface area contributed by atoms with Crippen LogP contribution in [0.2, 0.25) is 0 Å². The predicted molar refractivity (Wildman–Crippen MR) is 169 cm³/mol. The van der Waals surface area contributed by atoms with Crippen LogP contribution in [0.4, 0.5) is 5.69 Å². The topological polar surface area (TPSA) is 58.6 Å². The van der Waals surface area contributed by atoms with Gasteiger partial charge in [-0.3, -0.25) is 14.5 Å². The Bertz CT molecular complexity index is 1440. The van der Waals surface area contributed by atoms with Gasteiger partial charge in [0.05, 0.1) is 0 Å². The molecule has 5 rings (SSSR count). The van der Waals surface area contributed by atoms with E-state index in [0.717, 1.165) is 36.6 Å². The highest BCUT2D eigenvalue weighted by Gasteiger charge is 2.17. The summed E-state index contributed by atoms with van der Waals surface area (Å²) >= 11 is 2.99. The monoisotopic (exact) mass is 572 g/mol. The molecule has 1 N–H and O–H groups in total. The van der Waals surface area contributed by atoms with E-state index >= 15 is 0 Å². The lowest BCUT2D eigenvalue weighted by Gasteiger charge is -2.15. The zero-order chi connectivity index (χ0) is 27.9. The molecule has 0 saturated carbocycles. The molecule has 1 unspecified atom stereocenters. The summed E-state index contributed by atoms with van der Waals surface area (Å²) in [5.74, 6) is 1.08. The number of fused-ring (bicyclic) bond motifs is 1. The Hall–Kier alpha value is -3.13. The largest absolute Gasteiger partial charge is 0.492 e. The van der Waals surface area contributed by atoms with E-state index in [9.17, 15) is 9.59 Å². The number of likely N-dealkylation sites (tertiary alicyclic amines) is 1. The smallest absolute Gasteiger partial charge is 0.228 e. The molecule has 1 saturated heterocycles. The van der Waals surface area contributed by atoms with Gasteiger partial charge in [0.15, 0.2) is 5.12 Å². The highest BCUT2D eigenvalue weighted by Crippen LogP contribution is 2.40. The van der Waals surface area contributed by atoms with Crippen molar-refractivity contribution in [3.05, 3.63) is 83.9 Å². The first kappa shape index (κ1) is 28.4. The van der Waals surface area contributed by atoms with Crippen molar-refractivity contribution >= 4 is 49.9 Å². The van der Waals surface area contributed by atoms with Crippen molar-refractivity contribution in [2.24, 2.45) is 5.92 Å². The number of thioether (sulfide) groups is 1. The molecule has 1 aromatic heterocycles. The second kappa shape index (κ2) is 13.5. The van der Waals surface area contributed by atoms with Gasteiger partial charge in [0.2, 0.25) is 5.91 Å². The number of nitrogens with one attached hydrogen (secondary N) is 1. The van der Waals surface area contributed by atoms with E-state index in [-0.39, 0.29) is 16.9 Å². The van der Waals surface area contributed by atoms with Crippen molar-refractivity contribution < 1.29 is 14.3 Å². The summed E-state index contributed by atoms with van der Waals surface area (Å²) < 4.78 is 7.28. The van der Waals surface area contributed by atoms with Crippen molar-refractivity contribution in [3.63, 3.8) is 0 Å². The maximum Gasteiger partial charge on any atom is 0.228 e. The van der Waals surface area contributed by atoms with Crippen molar-refractivity contribution in [1.82, 2.24) is 4.90 Å². The molecule has 1 aliphatic rings. The van der Waals surface area contributed by atoms with Crippen LogP contribution >= 0.6 is 23.1 Å². The normalized spacial score (nSPS) is 14.3. The molecular formula is C33H36N2O3S2. The SMILES string of the molecule is CC(=O)SCC(C)C(=O)Nc1ccc(-c2sc3ccccc3c2Cc2ccc(OCCN3CCCC3)cc2)cc1. The average Bonchev–Trinajstić information content (AvgIpc) is 3.61. The van der Waals surface area contributed by atoms with Crippen LogP contribution in [0.3, 0.4) is 0 Å². The van der Waals surface area contributed by atoms with Gasteiger partial charge in [0.25, 0.3) is 0 Å². The second-order valence-electron chi connectivity index (χ2n) is 10.4. The molecule has 0 spiro atoms. The maximum atomic E-state index is 12.6. The van der Waals surface area contributed by atoms with Crippen molar-refractivity contribution in [1.29, 1.82) is 0 Å². The quantitative estimate of drug-likeness (QED) is 0.202. The van der Waals surface area contributed by atoms with Crippen molar-refractivity contribution in [2.75, 3.05) is 37.3 Å². The van der Waals surface area contributed by atoms with Crippen molar-refractivity contribution in [2.45, 2.75) is 33.1 Å². The van der Waals surface area contributed by atoms with Gasteiger partial charge in [-0.2, -0.15) is 0 Å². The molecule has 3 aromatic carbocycles. The third kappa shape index (κ3) is 7.33. The highest BCUT2D eigenvalue weighted by molar-refractivity contribution is 8.13. The Kier molecular flexibility index (Phi) is 9.57. The lowest BCUT2D eigenvalue weighted by molar-refractivity contribution is -0.118. The van der Waals surface area contributed by atoms with Crippen LogP contribution in [0.5, 0.6) is 5.75 Å². The number of amides is 1. The van der Waals surface area contributed by atoms with Gasteiger partial charge in [0.1, 0.15) is 12.4 Å². The summed E-state index contributed by atoms with van der Waals surface area (Å²) in [7, 11) is 0. The molecule has 208 valence electrons. The average molecular weight is 573 g/mol. The number of carbonyl (C=O) groups is 2. The molecule has 1 fully saturated rings. The molecular weight excluding hydrogens is 537 g/mol. The van der Waals surface area contributed by atoms with Crippen LogP contribution in [0.15, 0.2) is 72.8 Å². The highest BCUT2D eigenvalue weighted by atomic mass is 32.2. The molecule has 0 bridgehead atoms. The zero-order valence-electron chi connectivity index (χ0n) is 23.2. The Morgan fingerprint density at radius 3 is 2.45 bits per heavy atom. The fraction of sp³-hybridized carbons (Fsp3) is 0.333. The molecule has 2 heterocycles. The number of hydrogen-bond acceptors (Lipinski definition) is 6. The molecule has 1 atom stereocenters. The molecule has 1 amide bonds. The van der Waals surface area contributed by atoms with Gasteiger partial charge in [-0.1, -0.05) is 61.2 Å². The summed E-state index contributed by atoms with van der Waals surface area (Å²) in [6.45, 7) is 7.47. The van der Waals surface area contributed by atoms with Gasteiger partial charge >= 0.3 is 0 Å². The van der Waals surface area contributed by atoms with Crippen LogP contribution in [0, 0.1) is 5.92 Å². The molecule has 0 aliphatic carbocycles. The minimum Gasteiger partial charge on any atom is -0.492 e. The van der Waals surface area contributed by atoms with Crippen LogP contribution in [0.25, 0.3) is 20.5 Å². The standard InChI is InChI=1S/C33H36N2O3S2/c1-23(22-39-24(2)36)33(37)34-27-13-11-26(12-14-27)32-30(29-7-3-4-8-31(29)40-32)21-25-9-15-28(16-10-25)38-20-19-35-17-5-6-18-35/h3-4,7-16,23H,5-6,17-22H2,1-2H3,(H,34,37). The third-order valence-electron chi connectivity index (χ3n) is 7.28. The van der Waals surface area contributed by atoms with Crippen LogP contribution < -0.4 is 10.1 Å². The molecule has 5 nitrogen and oxygen atoms in total. The number of ether oxygens (including phenoxy) is 1. The summed E-state index contributed by atoms with van der Waals surface area (Å²) in [6.07, 6.45) is 3.43. The summed E-state index contributed by atoms with van der Waals surface area (Å²) in [4.78, 5) is 27.5. The van der Waals surface area contributed by atoms with Gasteiger partial charge in [-0.05, 0) is 84.8 Å². The number of rotatable bonds is 11. The first-order valence-electron chi connectivity index (χ1n) is 14.0. The minimum atomic E-state index is -0.246. The lowest BCUT2D eigenvalue weighted by atomic mass is 9.99. The minimum absolute atomic E-state index is 0.0281. The number of hydrogen-bond donors (Lipinski definition) is 1. The van der Waals surface area contributed by atoms with Gasteiger partial charge in [0, 0.05) is 40.4 Å². The zero-order valence-corrected chi connectivity index (χ0v) is 24.8. The lowest BCUT2D eigenvalue weighted by Crippen LogP contribution is -2.25. The van der Waals surface area contributed by atoms with E-state index in [1.54, 1.807) is 11.3 Å². The summed E-state index contributed by atoms with van der Waals surface area (Å²) in [5, 5.41) is 4.29. The summed E-state index contributed by atoms with van der Waals surface area (Å²) in [5.41, 5.74) is 4.46. The molecule has 40 heavy (non-hydrogen) atoms. The fourth-order valence-corrected chi connectivity index (χ4v) is 6.87. The summed E-state index contributed by atoms with van der Waals surface area (Å²) in [6, 6.07) is 25.2. The first-order valence-corrected chi connectivity index (χ1v) is 15.8. The molecule has 0 radical (unpaired) electrons. The van der Waals surface area contributed by atoms with E-state index in [2.05, 4.69) is 70.9 Å². The van der Waals surface area contributed by atoms with Gasteiger partial charge in [-0.15, -0.1) is 11.3 Å². The molecule has 4 aromatic rings. The Morgan fingerprint density at radius 1 is 1.00 bits per heavy atom. The number of thiophene rings is 1. The van der Waals surface area contributed by atoms with Crippen LogP contribution in [-0.4, -0.2) is 47.9 Å². The Morgan fingerprint density at radius 2 is 1.73 bits per heavy atom. The van der Waals surface area contributed by atoms with E-state index in [1.165, 1.54) is 70.7 Å². The van der Waals surface area contributed by atoms with Crippen molar-refractivity contribution in [3.8, 4) is 16.2 Å². The van der Waals surface area contributed by atoms with Gasteiger partial charge < -0.3 is 10.1 Å². The van der Waals surface area contributed by atoms with E-state index in [0.29, 0.717) is 5.75 Å². The number of nitrogens with zero attached hydrogens (tertiary/aromatic N) is 1. The maximum absolute atomic E-state index is 12.6. The molecule has 1 aliphatic heterocycles. The van der Waals surface area contributed by atoms with E-state index in [1.807, 2.05) is 19.1 Å². The van der Waals surface area contributed by atoms with E-state index in [4.69, 9.17) is 4.74 Å². The van der Waals surface area contributed by atoms with Crippen LogP contribution in [-0.2, 0) is 16.0 Å². The second-order valence-corrected chi connectivity index (χ2v) is 12.6. The predicted octanol–water partition coefficient (Wildman–Crippen LogP) is 7.49. The van der Waals surface area contributed by atoms with Gasteiger partial charge in [-0.25, -0.2) is 0 Å². The number of benzene rings is 3.